The number of benzene rings is 2. The van der Waals surface area contributed by atoms with Gasteiger partial charge in [-0.3, -0.25) is 4.79 Å². The van der Waals surface area contributed by atoms with E-state index in [9.17, 15) is 4.79 Å². The molecule has 0 spiro atoms. The molecule has 186 valence electrons. The first-order chi connectivity index (χ1) is 16.5. The number of anilines is 1. The molecular weight excluding hydrogens is 432 g/mol. The first-order valence-electron chi connectivity index (χ1n) is 11.7. The molecule has 0 saturated heterocycles. The van der Waals surface area contributed by atoms with E-state index in [2.05, 4.69) is 24.1 Å². The fourth-order valence-corrected chi connectivity index (χ4v) is 3.76. The molecule has 0 saturated carbocycles. The van der Waals surface area contributed by atoms with Gasteiger partial charge in [-0.1, -0.05) is 32.1 Å². The van der Waals surface area contributed by atoms with Gasteiger partial charge in [0.15, 0.2) is 11.5 Å². The molecule has 2 rings (SSSR count). The lowest BCUT2D eigenvalue weighted by molar-refractivity contribution is -0.116. The van der Waals surface area contributed by atoms with Gasteiger partial charge in [-0.05, 0) is 61.3 Å². The molecule has 2 aromatic rings. The molecule has 0 bridgehead atoms. The number of hydrogen-bond donors (Lipinski definition) is 1. The molecule has 7 nitrogen and oxygen atoms in total. The van der Waals surface area contributed by atoms with Gasteiger partial charge >= 0.3 is 0 Å². The Hall–Kier alpha value is -3.19. The molecule has 0 unspecified atom stereocenters. The van der Waals surface area contributed by atoms with E-state index in [0.717, 1.165) is 43.6 Å². The van der Waals surface area contributed by atoms with Crippen molar-refractivity contribution >= 4 is 23.7 Å². The Labute approximate surface area is 203 Å². The van der Waals surface area contributed by atoms with Gasteiger partial charge in [0.1, 0.15) is 5.75 Å². The summed E-state index contributed by atoms with van der Waals surface area (Å²) >= 11 is 0. The second-order valence-corrected chi connectivity index (χ2v) is 7.89. The largest absolute Gasteiger partial charge is 0.495 e. The lowest BCUT2D eigenvalue weighted by Gasteiger charge is -2.20. The minimum absolute atomic E-state index is 0.0266. The average Bonchev–Trinajstić information content (AvgIpc) is 2.85. The summed E-state index contributed by atoms with van der Waals surface area (Å²) in [6.07, 6.45) is 6.51. The highest BCUT2D eigenvalue weighted by molar-refractivity contribution is 5.93. The highest BCUT2D eigenvalue weighted by atomic mass is 16.5. The molecular formula is C27H38N2O5. The smallest absolute Gasteiger partial charge is 0.225 e. The number of carbonyl (C=O) groups is 1. The third-order valence-electron chi connectivity index (χ3n) is 5.39. The average molecular weight is 471 g/mol. The summed E-state index contributed by atoms with van der Waals surface area (Å²) in [5.41, 5.74) is 2.46. The van der Waals surface area contributed by atoms with Crippen molar-refractivity contribution in [1.82, 2.24) is 4.90 Å². The Morgan fingerprint density at radius 3 is 1.91 bits per heavy atom. The molecule has 7 heteroatoms. The van der Waals surface area contributed by atoms with Crippen LogP contribution in [0.1, 0.15) is 44.2 Å². The Morgan fingerprint density at radius 1 is 0.794 bits per heavy atom. The summed E-state index contributed by atoms with van der Waals surface area (Å²) in [6.45, 7) is 7.07. The number of hydrogen-bond acceptors (Lipinski definition) is 6. The molecule has 0 aliphatic carbocycles. The van der Waals surface area contributed by atoms with Crippen molar-refractivity contribution in [1.29, 1.82) is 0 Å². The SMILES string of the molecule is CCCN(CCC)CCC(=O)Nc1cc(/C=C\c2cc(OC)c(OC)c(OC)c2)ccc1OC. The maximum Gasteiger partial charge on any atom is 0.225 e. The molecule has 34 heavy (non-hydrogen) atoms. The Morgan fingerprint density at radius 2 is 1.38 bits per heavy atom. The highest BCUT2D eigenvalue weighted by Gasteiger charge is 2.13. The zero-order valence-corrected chi connectivity index (χ0v) is 21.3. The topological polar surface area (TPSA) is 69.3 Å². The third kappa shape index (κ3) is 7.70. The predicted molar refractivity (Wildman–Crippen MR) is 138 cm³/mol. The fraction of sp³-hybridized carbons (Fsp3) is 0.444. The van der Waals surface area contributed by atoms with Crippen molar-refractivity contribution in [2.75, 3.05) is 53.4 Å². The van der Waals surface area contributed by atoms with Gasteiger partial charge in [-0.2, -0.15) is 0 Å². The Bertz CT molecular complexity index is 927. The van der Waals surface area contributed by atoms with Gasteiger partial charge in [-0.25, -0.2) is 0 Å². The van der Waals surface area contributed by atoms with Crippen molar-refractivity contribution < 1.29 is 23.7 Å². The van der Waals surface area contributed by atoms with Crippen LogP contribution in [0.2, 0.25) is 0 Å². The number of nitrogens with zero attached hydrogens (tertiary/aromatic N) is 1. The zero-order valence-electron chi connectivity index (χ0n) is 21.3. The highest BCUT2D eigenvalue weighted by Crippen LogP contribution is 2.38. The van der Waals surface area contributed by atoms with Crippen LogP contribution in [-0.2, 0) is 4.79 Å². The van der Waals surface area contributed by atoms with Crippen LogP contribution >= 0.6 is 0 Å². The minimum atomic E-state index is -0.0266. The quantitative estimate of drug-likeness (QED) is 0.376. The lowest BCUT2D eigenvalue weighted by Crippen LogP contribution is -2.29. The maximum atomic E-state index is 12.6. The molecule has 0 atom stereocenters. The first kappa shape index (κ1) is 27.1. The molecule has 1 amide bonds. The minimum Gasteiger partial charge on any atom is -0.495 e. The van der Waals surface area contributed by atoms with E-state index in [0.29, 0.717) is 35.1 Å². The van der Waals surface area contributed by atoms with E-state index < -0.39 is 0 Å². The second-order valence-electron chi connectivity index (χ2n) is 7.89. The molecule has 0 fully saturated rings. The van der Waals surface area contributed by atoms with Crippen LogP contribution in [0.5, 0.6) is 23.0 Å². The van der Waals surface area contributed by atoms with Crippen molar-refractivity contribution in [3.63, 3.8) is 0 Å². The van der Waals surface area contributed by atoms with Crippen LogP contribution in [0.25, 0.3) is 12.2 Å². The molecule has 2 aromatic carbocycles. The van der Waals surface area contributed by atoms with Crippen LogP contribution in [0.15, 0.2) is 30.3 Å². The zero-order chi connectivity index (χ0) is 24.9. The molecule has 0 radical (unpaired) electrons. The summed E-state index contributed by atoms with van der Waals surface area (Å²) < 4.78 is 21.7. The maximum absolute atomic E-state index is 12.6. The molecule has 0 aliphatic heterocycles. The van der Waals surface area contributed by atoms with Gasteiger partial charge in [0.2, 0.25) is 11.7 Å². The summed E-state index contributed by atoms with van der Waals surface area (Å²) in [5, 5.41) is 3.01. The van der Waals surface area contributed by atoms with E-state index in [1.165, 1.54) is 0 Å². The summed E-state index contributed by atoms with van der Waals surface area (Å²) in [6, 6.07) is 9.45. The number of nitrogens with one attached hydrogen (secondary N) is 1. The van der Waals surface area contributed by atoms with Crippen molar-refractivity contribution in [3.05, 3.63) is 41.5 Å². The lowest BCUT2D eigenvalue weighted by atomic mass is 10.1. The van der Waals surface area contributed by atoms with Gasteiger partial charge < -0.3 is 29.2 Å². The molecule has 0 aromatic heterocycles. The second kappa shape index (κ2) is 14.2. The third-order valence-corrected chi connectivity index (χ3v) is 5.39. The summed E-state index contributed by atoms with van der Waals surface area (Å²) in [7, 11) is 6.36. The summed E-state index contributed by atoms with van der Waals surface area (Å²) in [4.78, 5) is 15.0. The van der Waals surface area contributed by atoms with E-state index in [1.54, 1.807) is 28.4 Å². The van der Waals surface area contributed by atoms with Crippen molar-refractivity contribution in [2.45, 2.75) is 33.1 Å². The fourth-order valence-electron chi connectivity index (χ4n) is 3.76. The van der Waals surface area contributed by atoms with Crippen molar-refractivity contribution in [2.24, 2.45) is 0 Å². The molecule has 1 N–H and O–H groups in total. The number of amides is 1. The predicted octanol–water partition coefficient (Wildman–Crippen LogP) is 5.34. The van der Waals surface area contributed by atoms with Crippen LogP contribution in [-0.4, -0.2) is 58.9 Å². The van der Waals surface area contributed by atoms with Gasteiger partial charge in [0, 0.05) is 13.0 Å². The van der Waals surface area contributed by atoms with Crippen molar-refractivity contribution in [3.8, 4) is 23.0 Å². The first-order valence-corrected chi connectivity index (χ1v) is 11.7. The van der Waals surface area contributed by atoms with E-state index in [1.807, 2.05) is 42.5 Å². The van der Waals surface area contributed by atoms with Crippen LogP contribution < -0.4 is 24.3 Å². The normalized spacial score (nSPS) is 11.0. The number of methoxy groups -OCH3 is 4. The van der Waals surface area contributed by atoms with Crippen LogP contribution in [0.4, 0.5) is 5.69 Å². The van der Waals surface area contributed by atoms with E-state index in [4.69, 9.17) is 18.9 Å². The molecule has 0 aliphatic rings. The molecule has 0 heterocycles. The van der Waals surface area contributed by atoms with E-state index in [-0.39, 0.29) is 5.91 Å². The van der Waals surface area contributed by atoms with Gasteiger partial charge in [-0.15, -0.1) is 0 Å². The summed E-state index contributed by atoms with van der Waals surface area (Å²) in [5.74, 6) is 2.32. The number of ether oxygens (including phenoxy) is 4. The van der Waals surface area contributed by atoms with Crippen LogP contribution in [0, 0.1) is 0 Å². The van der Waals surface area contributed by atoms with Gasteiger partial charge in [0.05, 0.1) is 34.1 Å². The van der Waals surface area contributed by atoms with Gasteiger partial charge in [0.25, 0.3) is 0 Å². The Balaban J connectivity index is 2.17. The monoisotopic (exact) mass is 470 g/mol. The standard InChI is InChI=1S/C27H38N2O5/c1-7-14-29(15-8-2)16-13-26(30)28-22-17-20(11-12-23(22)31-3)9-10-21-18-24(32-4)27(34-6)25(19-21)33-5/h9-12,17-19H,7-8,13-16H2,1-6H3,(H,28,30)/b10-9-. The van der Waals surface area contributed by atoms with E-state index >= 15 is 0 Å². The number of carbonyl (C=O) groups excluding carboxylic acids is 1. The number of rotatable bonds is 14. The Kier molecular flexibility index (Phi) is 11.3. The van der Waals surface area contributed by atoms with Crippen LogP contribution in [0.3, 0.4) is 0 Å².